The summed E-state index contributed by atoms with van der Waals surface area (Å²) < 4.78 is 57.9. The van der Waals surface area contributed by atoms with Crippen molar-refractivity contribution in [3.8, 4) is 0 Å². The van der Waals surface area contributed by atoms with Gasteiger partial charge < -0.3 is 0 Å². The van der Waals surface area contributed by atoms with E-state index in [-0.39, 0.29) is 0 Å². The molecule has 1 unspecified atom stereocenters. The number of hydrogen-bond donors (Lipinski definition) is 1. The molecule has 0 bridgehead atoms. The molecule has 0 saturated heterocycles. The number of hydrogen-bond acceptors (Lipinski definition) is 2. The lowest BCUT2D eigenvalue weighted by Crippen LogP contribution is -2.41. The fraction of sp³-hybridized carbons (Fsp3) is 0.500. The van der Waals surface area contributed by atoms with Gasteiger partial charge in [0, 0.05) is 12.8 Å². The largest absolute Gasteiger partial charge is 0.285 e. The molecule has 1 fully saturated rings. The van der Waals surface area contributed by atoms with E-state index in [0.29, 0.717) is 11.1 Å². The van der Waals surface area contributed by atoms with E-state index in [1.807, 2.05) is 0 Å². The minimum Gasteiger partial charge on any atom is -0.285 e. The van der Waals surface area contributed by atoms with Gasteiger partial charge in [-0.3, -0.25) is 4.55 Å². The van der Waals surface area contributed by atoms with Crippen LogP contribution in [-0.4, -0.2) is 18.9 Å². The molecule has 3 nitrogen and oxygen atoms in total. The maximum Gasteiger partial charge on any atom is 0.272 e. The Balaban J connectivity index is 2.37. The Morgan fingerprint density at radius 3 is 2.33 bits per heavy atom. The highest BCUT2D eigenvalue weighted by molar-refractivity contribution is 7.86. The van der Waals surface area contributed by atoms with Gasteiger partial charge in [0.25, 0.3) is 10.1 Å². The van der Waals surface area contributed by atoms with Crippen LogP contribution in [0.3, 0.4) is 0 Å². The topological polar surface area (TPSA) is 54.4 Å². The first kappa shape index (κ1) is 13.4. The smallest absolute Gasteiger partial charge is 0.272 e. The van der Waals surface area contributed by atoms with Gasteiger partial charge >= 0.3 is 0 Å². The van der Waals surface area contributed by atoms with Gasteiger partial charge in [0.05, 0.1) is 0 Å². The Morgan fingerprint density at radius 1 is 1.33 bits per heavy atom. The Morgan fingerprint density at radius 2 is 1.89 bits per heavy atom. The zero-order valence-corrected chi connectivity index (χ0v) is 10.6. The third-order valence-corrected chi connectivity index (χ3v) is 4.65. The van der Waals surface area contributed by atoms with Crippen LogP contribution in [0.4, 0.5) is 8.78 Å². The summed E-state index contributed by atoms with van der Waals surface area (Å²) in [5.41, 5.74) is 1.08. The van der Waals surface area contributed by atoms with Gasteiger partial charge in [0.15, 0.2) is 0 Å². The van der Waals surface area contributed by atoms with Crippen LogP contribution in [0.25, 0.3) is 0 Å². The molecule has 1 atom stereocenters. The highest BCUT2D eigenvalue weighted by atomic mass is 32.2. The Hall–Kier alpha value is -1.01. The van der Waals surface area contributed by atoms with Gasteiger partial charge in [-0.2, -0.15) is 8.42 Å². The molecule has 18 heavy (non-hydrogen) atoms. The highest BCUT2D eigenvalue weighted by Crippen LogP contribution is 2.51. The van der Waals surface area contributed by atoms with Crippen molar-refractivity contribution in [1.82, 2.24) is 0 Å². The molecule has 1 aliphatic rings. The summed E-state index contributed by atoms with van der Waals surface area (Å²) in [5.74, 6) is -3.54. The van der Waals surface area contributed by atoms with Gasteiger partial charge in [0.1, 0.15) is 5.25 Å². The molecule has 100 valence electrons. The van der Waals surface area contributed by atoms with Gasteiger partial charge in [-0.1, -0.05) is 24.3 Å². The van der Waals surface area contributed by atoms with Crippen molar-refractivity contribution in [2.24, 2.45) is 5.92 Å². The molecule has 1 saturated carbocycles. The number of rotatable bonds is 3. The molecule has 0 heterocycles. The lowest BCUT2D eigenvalue weighted by atomic mass is 9.76. The zero-order valence-electron chi connectivity index (χ0n) is 9.81. The summed E-state index contributed by atoms with van der Waals surface area (Å²) in [6, 6.07) is 6.63. The van der Waals surface area contributed by atoms with Crippen LogP contribution in [0, 0.1) is 12.8 Å². The quantitative estimate of drug-likeness (QED) is 0.863. The highest BCUT2D eigenvalue weighted by Gasteiger charge is 2.52. The second-order valence-electron chi connectivity index (χ2n) is 4.82. The lowest BCUT2D eigenvalue weighted by molar-refractivity contribution is -0.111. The van der Waals surface area contributed by atoms with Crippen molar-refractivity contribution < 1.29 is 21.8 Å². The maximum absolute atomic E-state index is 12.9. The molecule has 1 aromatic carbocycles. The van der Waals surface area contributed by atoms with E-state index >= 15 is 0 Å². The molecule has 2 rings (SSSR count). The van der Waals surface area contributed by atoms with Crippen LogP contribution in [0.1, 0.15) is 29.2 Å². The first-order valence-electron chi connectivity index (χ1n) is 5.60. The van der Waals surface area contributed by atoms with Crippen molar-refractivity contribution in [2.75, 3.05) is 0 Å². The summed E-state index contributed by atoms with van der Waals surface area (Å²) in [6.45, 7) is 1.70. The van der Waals surface area contributed by atoms with Crippen LogP contribution in [0.2, 0.25) is 0 Å². The second kappa shape index (κ2) is 4.28. The molecule has 6 heteroatoms. The number of alkyl halides is 2. The van der Waals surface area contributed by atoms with E-state index < -0.39 is 40.1 Å². The monoisotopic (exact) mass is 276 g/mol. The Kier molecular flexibility index (Phi) is 3.19. The third kappa shape index (κ3) is 2.54. The van der Waals surface area contributed by atoms with E-state index in [4.69, 9.17) is 0 Å². The first-order chi connectivity index (χ1) is 8.21. The fourth-order valence-corrected chi connectivity index (χ4v) is 3.75. The molecule has 0 spiro atoms. The van der Waals surface area contributed by atoms with E-state index in [1.165, 1.54) is 0 Å². The average Bonchev–Trinajstić information content (AvgIpc) is 2.16. The summed E-state index contributed by atoms with van der Waals surface area (Å²) in [6.07, 6.45) is -0.989. The van der Waals surface area contributed by atoms with Crippen molar-refractivity contribution in [3.63, 3.8) is 0 Å². The normalized spacial score (nSPS) is 21.3. The van der Waals surface area contributed by atoms with Crippen LogP contribution < -0.4 is 0 Å². The third-order valence-electron chi connectivity index (χ3n) is 3.37. The number of benzene rings is 1. The number of halogens is 2. The van der Waals surface area contributed by atoms with Crippen molar-refractivity contribution in [1.29, 1.82) is 0 Å². The van der Waals surface area contributed by atoms with E-state index in [1.54, 1.807) is 31.2 Å². The summed E-state index contributed by atoms with van der Waals surface area (Å²) >= 11 is 0. The van der Waals surface area contributed by atoms with Crippen LogP contribution in [-0.2, 0) is 10.1 Å². The molecule has 0 aliphatic heterocycles. The van der Waals surface area contributed by atoms with Gasteiger partial charge in [-0.15, -0.1) is 0 Å². The summed E-state index contributed by atoms with van der Waals surface area (Å²) in [5, 5.41) is -1.25. The maximum atomic E-state index is 12.9. The van der Waals surface area contributed by atoms with Crippen LogP contribution in [0.15, 0.2) is 24.3 Å². The Bertz CT molecular complexity index is 546. The van der Waals surface area contributed by atoms with E-state index in [9.17, 15) is 21.8 Å². The standard InChI is InChI=1S/C12H14F2O3S/c1-8-4-2-3-5-10(8)11(18(15,16)17)9-6-12(13,14)7-9/h2-5,9,11H,6-7H2,1H3,(H,15,16,17). The van der Waals surface area contributed by atoms with E-state index in [2.05, 4.69) is 0 Å². The molecule has 1 aromatic rings. The summed E-state index contributed by atoms with van der Waals surface area (Å²) in [4.78, 5) is 0. The molecule has 0 amide bonds. The molecule has 0 aromatic heterocycles. The predicted molar refractivity (Wildman–Crippen MR) is 63.1 cm³/mol. The zero-order chi connectivity index (χ0) is 13.6. The van der Waals surface area contributed by atoms with E-state index in [0.717, 1.165) is 0 Å². The van der Waals surface area contributed by atoms with Crippen LogP contribution >= 0.6 is 0 Å². The molecule has 0 radical (unpaired) electrons. The number of aryl methyl sites for hydroxylation is 1. The molecule has 1 N–H and O–H groups in total. The van der Waals surface area contributed by atoms with Crippen molar-refractivity contribution in [2.45, 2.75) is 30.9 Å². The summed E-state index contributed by atoms with van der Waals surface area (Å²) in [7, 11) is -4.38. The van der Waals surface area contributed by atoms with Gasteiger partial charge in [-0.25, -0.2) is 8.78 Å². The minimum atomic E-state index is -4.38. The van der Waals surface area contributed by atoms with Gasteiger partial charge in [-0.05, 0) is 24.0 Å². The molecular formula is C12H14F2O3S. The van der Waals surface area contributed by atoms with Crippen molar-refractivity contribution in [3.05, 3.63) is 35.4 Å². The van der Waals surface area contributed by atoms with Gasteiger partial charge in [0.2, 0.25) is 5.92 Å². The second-order valence-corrected chi connectivity index (χ2v) is 6.35. The predicted octanol–water partition coefficient (Wildman–Crippen LogP) is 2.97. The SMILES string of the molecule is Cc1ccccc1C(C1CC(F)(F)C1)S(=O)(=O)O. The molecular weight excluding hydrogens is 262 g/mol. The average molecular weight is 276 g/mol. The first-order valence-corrected chi connectivity index (χ1v) is 7.11. The minimum absolute atomic E-state index is 0.403. The Labute approximate surface area is 105 Å². The fourth-order valence-electron chi connectivity index (χ4n) is 2.49. The molecule has 1 aliphatic carbocycles. The van der Waals surface area contributed by atoms with Crippen molar-refractivity contribution >= 4 is 10.1 Å². The van der Waals surface area contributed by atoms with Crippen LogP contribution in [0.5, 0.6) is 0 Å². The lowest BCUT2D eigenvalue weighted by Gasteiger charge is -2.39.